The highest BCUT2D eigenvalue weighted by Gasteiger charge is 2.25. The maximum atomic E-state index is 12.3. The Morgan fingerprint density at radius 1 is 1.00 bits per heavy atom. The van der Waals surface area contributed by atoms with Crippen LogP contribution in [-0.2, 0) is 4.79 Å². The van der Waals surface area contributed by atoms with E-state index in [2.05, 4.69) is 16.6 Å². The third-order valence-corrected chi connectivity index (χ3v) is 3.35. The monoisotopic (exact) mass is 336 g/mol. The lowest BCUT2D eigenvalue weighted by Crippen LogP contribution is -2.15. The Kier molecular flexibility index (Phi) is 5.94. The zero-order valence-corrected chi connectivity index (χ0v) is 14.1. The number of ketones is 1. The molecule has 0 heterocycles. The van der Waals surface area contributed by atoms with E-state index in [1.54, 1.807) is 12.1 Å². The van der Waals surface area contributed by atoms with Gasteiger partial charge in [0.1, 0.15) is 0 Å². The van der Waals surface area contributed by atoms with Crippen molar-refractivity contribution in [3.63, 3.8) is 0 Å². The molecule has 25 heavy (non-hydrogen) atoms. The van der Waals surface area contributed by atoms with Crippen LogP contribution in [0.25, 0.3) is 5.53 Å². The van der Waals surface area contributed by atoms with Crippen LogP contribution in [-0.4, -0.2) is 37.6 Å². The maximum absolute atomic E-state index is 12.3. The minimum atomic E-state index is -0.638. The standard InChI is InChI=1S/C19H16N2O4/c1-23-16-11-14(12-17(24-2)19(16)25-3)18(21-20)15(22)10-9-13-7-5-4-6-8-13/h4-8,11-12H,1-3H3. The van der Waals surface area contributed by atoms with E-state index in [0.29, 0.717) is 28.4 Å². The lowest BCUT2D eigenvalue weighted by Gasteiger charge is -2.12. The second-order valence-electron chi connectivity index (χ2n) is 4.81. The molecule has 0 aliphatic carbocycles. The van der Waals surface area contributed by atoms with Crippen LogP contribution in [0.2, 0.25) is 0 Å². The molecule has 6 nitrogen and oxygen atoms in total. The van der Waals surface area contributed by atoms with Crippen LogP contribution in [0.3, 0.4) is 0 Å². The fourth-order valence-corrected chi connectivity index (χ4v) is 2.16. The van der Waals surface area contributed by atoms with Crippen molar-refractivity contribution in [1.29, 1.82) is 0 Å². The van der Waals surface area contributed by atoms with Crippen LogP contribution < -0.4 is 14.2 Å². The molecule has 2 rings (SSSR count). The van der Waals surface area contributed by atoms with E-state index in [0.717, 1.165) is 0 Å². The Balaban J connectivity index is 2.43. The summed E-state index contributed by atoms with van der Waals surface area (Å²) in [6, 6.07) is 12.1. The van der Waals surface area contributed by atoms with Crippen molar-refractivity contribution in [3.8, 4) is 29.1 Å². The molecule has 0 saturated heterocycles. The largest absolute Gasteiger partial charge is 0.493 e. The summed E-state index contributed by atoms with van der Waals surface area (Å²) in [6.45, 7) is 0. The van der Waals surface area contributed by atoms with E-state index in [1.165, 1.54) is 33.5 Å². The Labute approximate surface area is 145 Å². The summed E-state index contributed by atoms with van der Waals surface area (Å²) >= 11 is 0. The molecule has 0 aromatic heterocycles. The van der Waals surface area contributed by atoms with Gasteiger partial charge in [-0.1, -0.05) is 24.1 Å². The molecule has 2 aromatic rings. The number of methoxy groups -OCH3 is 3. The van der Waals surface area contributed by atoms with Crippen molar-refractivity contribution >= 4 is 11.5 Å². The average molecular weight is 336 g/mol. The normalized spacial score (nSPS) is 9.24. The van der Waals surface area contributed by atoms with E-state index in [1.807, 2.05) is 18.2 Å². The number of Topliss-reactive ketones (excluding diaryl/α,β-unsaturated/α-hetero) is 1. The Bertz CT molecular complexity index is 864. The predicted molar refractivity (Wildman–Crippen MR) is 92.2 cm³/mol. The number of ether oxygens (including phenoxy) is 3. The van der Waals surface area contributed by atoms with Gasteiger partial charge in [-0.05, 0) is 30.2 Å². The van der Waals surface area contributed by atoms with Gasteiger partial charge in [-0.15, -0.1) is 0 Å². The molecule has 0 aliphatic heterocycles. The Morgan fingerprint density at radius 3 is 2.08 bits per heavy atom. The van der Waals surface area contributed by atoms with Crippen molar-refractivity contribution in [3.05, 3.63) is 59.1 Å². The molecule has 0 amide bonds. The topological polar surface area (TPSA) is 81.2 Å². The second kappa shape index (κ2) is 8.34. The maximum Gasteiger partial charge on any atom is 0.378 e. The molecule has 0 spiro atoms. The fourth-order valence-electron chi connectivity index (χ4n) is 2.16. The molecule has 0 fully saturated rings. The SMILES string of the molecule is COc1cc(C(=[N+]=[N-])C(=O)C#Cc2ccccc2)cc(OC)c1OC. The molecular formula is C19H16N2O4. The van der Waals surface area contributed by atoms with Crippen molar-refractivity contribution < 1.29 is 23.8 Å². The van der Waals surface area contributed by atoms with Gasteiger partial charge >= 0.3 is 11.5 Å². The Morgan fingerprint density at radius 2 is 1.60 bits per heavy atom. The summed E-state index contributed by atoms with van der Waals surface area (Å²) in [5.74, 6) is 5.59. The molecular weight excluding hydrogens is 320 g/mol. The molecule has 6 heteroatoms. The highest BCUT2D eigenvalue weighted by molar-refractivity contribution is 6.49. The molecule has 0 N–H and O–H groups in total. The van der Waals surface area contributed by atoms with E-state index in [-0.39, 0.29) is 5.71 Å². The smallest absolute Gasteiger partial charge is 0.378 e. The third-order valence-electron chi connectivity index (χ3n) is 3.35. The number of rotatable bonds is 5. The molecule has 0 aliphatic rings. The van der Waals surface area contributed by atoms with Gasteiger partial charge in [-0.25, -0.2) is 0 Å². The first-order valence-electron chi connectivity index (χ1n) is 7.28. The van der Waals surface area contributed by atoms with Crippen molar-refractivity contribution in [2.45, 2.75) is 0 Å². The van der Waals surface area contributed by atoms with Crippen molar-refractivity contribution in [2.24, 2.45) is 0 Å². The minimum Gasteiger partial charge on any atom is -0.493 e. The molecule has 0 bridgehead atoms. The van der Waals surface area contributed by atoms with E-state index < -0.39 is 5.78 Å². The summed E-state index contributed by atoms with van der Waals surface area (Å²) < 4.78 is 15.7. The summed E-state index contributed by atoms with van der Waals surface area (Å²) in [5.41, 5.74) is 10.0. The lowest BCUT2D eigenvalue weighted by atomic mass is 10.0. The van der Waals surface area contributed by atoms with Gasteiger partial charge in [0, 0.05) is 5.56 Å². The molecule has 0 atom stereocenters. The van der Waals surface area contributed by atoms with Crippen LogP contribution in [0, 0.1) is 11.8 Å². The van der Waals surface area contributed by atoms with Crippen molar-refractivity contribution in [2.75, 3.05) is 21.3 Å². The van der Waals surface area contributed by atoms with Gasteiger partial charge < -0.3 is 19.7 Å². The quantitative estimate of drug-likeness (QED) is 0.363. The first-order chi connectivity index (χ1) is 12.1. The lowest BCUT2D eigenvalue weighted by molar-refractivity contribution is -0.112. The molecule has 0 radical (unpaired) electrons. The van der Waals surface area contributed by atoms with Gasteiger partial charge in [-0.2, -0.15) is 4.79 Å². The number of hydrogen-bond donors (Lipinski definition) is 0. The van der Waals surface area contributed by atoms with E-state index in [4.69, 9.17) is 14.2 Å². The van der Waals surface area contributed by atoms with Crippen molar-refractivity contribution in [1.82, 2.24) is 0 Å². The number of hydrogen-bond acceptors (Lipinski definition) is 4. The van der Waals surface area contributed by atoms with Crippen LogP contribution >= 0.6 is 0 Å². The second-order valence-corrected chi connectivity index (χ2v) is 4.81. The molecule has 2 aromatic carbocycles. The van der Waals surface area contributed by atoms with E-state index >= 15 is 0 Å². The fraction of sp³-hybridized carbons (Fsp3) is 0.158. The van der Waals surface area contributed by atoms with Crippen LogP contribution in [0.5, 0.6) is 17.2 Å². The number of carbonyl (C=O) groups is 1. The van der Waals surface area contributed by atoms with Gasteiger partial charge in [0.25, 0.3) is 0 Å². The first-order valence-corrected chi connectivity index (χ1v) is 7.28. The average Bonchev–Trinajstić information content (AvgIpc) is 2.66. The van der Waals surface area contributed by atoms with Crippen LogP contribution in [0.4, 0.5) is 0 Å². The van der Waals surface area contributed by atoms with Crippen LogP contribution in [0.15, 0.2) is 42.5 Å². The van der Waals surface area contributed by atoms with Crippen LogP contribution in [0.1, 0.15) is 11.1 Å². The number of benzene rings is 2. The Hall–Kier alpha value is -3.55. The zero-order chi connectivity index (χ0) is 18.2. The minimum absolute atomic E-state index is 0.220. The van der Waals surface area contributed by atoms with Gasteiger partial charge in [0.15, 0.2) is 11.5 Å². The third kappa shape index (κ3) is 4.05. The number of carbonyl (C=O) groups excluding carboxylic acids is 1. The van der Waals surface area contributed by atoms with Gasteiger partial charge in [0.2, 0.25) is 5.75 Å². The predicted octanol–water partition coefficient (Wildman–Crippen LogP) is 2.35. The van der Waals surface area contributed by atoms with E-state index in [9.17, 15) is 10.3 Å². The zero-order valence-electron chi connectivity index (χ0n) is 14.1. The summed E-state index contributed by atoms with van der Waals surface area (Å²) in [4.78, 5) is 15.4. The molecule has 0 unspecified atom stereocenters. The molecule has 0 saturated carbocycles. The summed E-state index contributed by atoms with van der Waals surface area (Å²) in [6.07, 6.45) is 0. The highest BCUT2D eigenvalue weighted by atomic mass is 16.5. The summed E-state index contributed by atoms with van der Waals surface area (Å²) in [5, 5.41) is 0. The number of nitrogens with zero attached hydrogens (tertiary/aromatic N) is 2. The van der Waals surface area contributed by atoms with Gasteiger partial charge in [-0.3, -0.25) is 4.79 Å². The van der Waals surface area contributed by atoms with Gasteiger partial charge in [0.05, 0.1) is 26.9 Å². The molecule has 126 valence electrons. The summed E-state index contributed by atoms with van der Waals surface area (Å²) in [7, 11) is 4.37. The highest BCUT2D eigenvalue weighted by Crippen LogP contribution is 2.38. The first kappa shape index (κ1) is 17.8.